The summed E-state index contributed by atoms with van der Waals surface area (Å²) in [6, 6.07) is 79.1. The Balaban J connectivity index is 1.17. The third kappa shape index (κ3) is 5.82. The predicted molar refractivity (Wildman–Crippen MR) is 256 cm³/mol. The average molecular weight is 792 g/mol. The van der Waals surface area contributed by atoms with Crippen molar-refractivity contribution in [3.05, 3.63) is 224 Å². The van der Waals surface area contributed by atoms with E-state index in [2.05, 4.69) is 221 Å². The largest absolute Gasteiger partial charge is 0.307 e. The lowest BCUT2D eigenvalue weighted by atomic mass is 9.99. The van der Waals surface area contributed by atoms with Crippen molar-refractivity contribution in [2.45, 2.75) is 0 Å². The van der Waals surface area contributed by atoms with Crippen molar-refractivity contribution in [1.82, 2.24) is 24.1 Å². The molecule has 3 aromatic heterocycles. The Morgan fingerprint density at radius 2 is 0.742 bits per heavy atom. The van der Waals surface area contributed by atoms with Crippen LogP contribution in [0.4, 0.5) is 0 Å². The van der Waals surface area contributed by atoms with E-state index in [9.17, 15) is 0 Å². The molecule has 290 valence electrons. The zero-order chi connectivity index (χ0) is 41.0. The van der Waals surface area contributed by atoms with E-state index in [1.165, 1.54) is 10.8 Å². The molecule has 5 heteroatoms. The van der Waals surface area contributed by atoms with Crippen LogP contribution in [0.5, 0.6) is 0 Å². The Labute approximate surface area is 358 Å². The number of fused-ring (bicyclic) bond motifs is 6. The van der Waals surface area contributed by atoms with Gasteiger partial charge in [-0.2, -0.15) is 0 Å². The molecule has 5 nitrogen and oxygen atoms in total. The average Bonchev–Trinajstić information content (AvgIpc) is 3.88. The fourth-order valence-electron chi connectivity index (χ4n) is 9.24. The summed E-state index contributed by atoms with van der Waals surface area (Å²) in [6.45, 7) is 0. The van der Waals surface area contributed by atoms with Gasteiger partial charge in [0.2, 0.25) is 0 Å². The van der Waals surface area contributed by atoms with Crippen LogP contribution in [-0.2, 0) is 0 Å². The van der Waals surface area contributed by atoms with E-state index in [1.807, 2.05) is 12.1 Å². The van der Waals surface area contributed by atoms with Gasteiger partial charge in [-0.25, -0.2) is 15.0 Å². The van der Waals surface area contributed by atoms with Gasteiger partial charge < -0.3 is 9.13 Å². The fraction of sp³-hybridized carbons (Fsp3) is 0. The van der Waals surface area contributed by atoms with Crippen LogP contribution in [0, 0.1) is 0 Å². The summed E-state index contributed by atoms with van der Waals surface area (Å²) in [7, 11) is 0. The van der Waals surface area contributed by atoms with Gasteiger partial charge in [-0.15, -0.1) is 0 Å². The Bertz CT molecular complexity index is 3620. The molecule has 0 atom stereocenters. The summed E-state index contributed by atoms with van der Waals surface area (Å²) in [5, 5.41) is 4.67. The Morgan fingerprint density at radius 3 is 1.47 bits per heavy atom. The number of hydrogen-bond donors (Lipinski definition) is 0. The number of benzene rings is 9. The number of hydrogen-bond acceptors (Lipinski definition) is 3. The van der Waals surface area contributed by atoms with Crippen molar-refractivity contribution in [2.24, 2.45) is 0 Å². The summed E-state index contributed by atoms with van der Waals surface area (Å²) in [5.41, 5.74) is 13.8. The van der Waals surface area contributed by atoms with E-state index in [0.29, 0.717) is 17.5 Å². The van der Waals surface area contributed by atoms with Gasteiger partial charge in [-0.1, -0.05) is 182 Å². The first kappa shape index (κ1) is 35.5. The van der Waals surface area contributed by atoms with Gasteiger partial charge >= 0.3 is 0 Å². The van der Waals surface area contributed by atoms with Crippen LogP contribution < -0.4 is 0 Å². The summed E-state index contributed by atoms with van der Waals surface area (Å²) >= 11 is 0. The lowest BCUT2D eigenvalue weighted by Gasteiger charge is -2.16. The topological polar surface area (TPSA) is 48.5 Å². The van der Waals surface area contributed by atoms with E-state index >= 15 is 0 Å². The highest BCUT2D eigenvalue weighted by Crippen LogP contribution is 2.42. The highest BCUT2D eigenvalue weighted by atomic mass is 15.1. The molecule has 3 heterocycles. The molecule has 0 bridgehead atoms. The van der Waals surface area contributed by atoms with E-state index in [4.69, 9.17) is 15.0 Å². The SMILES string of the molecule is c1ccc(-c2cccc(-c3nc(-c4ccccc4-c4ccccc4)nc(-c4cccc5c6ccccc6n(-c6cccc7c8ccccc8n(-c8ccccc8)c67)c45)n3)c2)cc1. The van der Waals surface area contributed by atoms with Crippen LogP contribution in [0.2, 0.25) is 0 Å². The number of aromatic nitrogens is 5. The Hall–Kier alpha value is -8.41. The molecule has 0 aliphatic rings. The molecular formula is C57H37N5. The maximum absolute atomic E-state index is 5.44. The highest BCUT2D eigenvalue weighted by molar-refractivity contribution is 6.17. The van der Waals surface area contributed by atoms with E-state index < -0.39 is 0 Å². The molecule has 0 spiro atoms. The van der Waals surface area contributed by atoms with Crippen molar-refractivity contribution < 1.29 is 0 Å². The first-order valence-corrected chi connectivity index (χ1v) is 21.0. The van der Waals surface area contributed by atoms with Crippen molar-refractivity contribution in [2.75, 3.05) is 0 Å². The van der Waals surface area contributed by atoms with Crippen LogP contribution in [0.15, 0.2) is 224 Å². The van der Waals surface area contributed by atoms with Crippen molar-refractivity contribution in [1.29, 1.82) is 0 Å². The Morgan fingerprint density at radius 1 is 0.274 bits per heavy atom. The van der Waals surface area contributed by atoms with E-state index in [-0.39, 0.29) is 0 Å². The minimum atomic E-state index is 0.600. The normalized spacial score (nSPS) is 11.5. The molecule has 0 amide bonds. The molecule has 12 aromatic rings. The monoisotopic (exact) mass is 791 g/mol. The number of rotatable bonds is 7. The Kier molecular flexibility index (Phi) is 8.42. The van der Waals surface area contributed by atoms with E-state index in [0.717, 1.165) is 83.2 Å². The summed E-state index contributed by atoms with van der Waals surface area (Å²) < 4.78 is 4.83. The molecule has 9 aromatic carbocycles. The molecule has 12 rings (SSSR count). The molecular weight excluding hydrogens is 755 g/mol. The molecule has 0 saturated carbocycles. The van der Waals surface area contributed by atoms with Crippen LogP contribution >= 0.6 is 0 Å². The zero-order valence-electron chi connectivity index (χ0n) is 33.6. The van der Waals surface area contributed by atoms with Gasteiger partial charge in [0.05, 0.1) is 27.8 Å². The lowest BCUT2D eigenvalue weighted by molar-refractivity contribution is 1.07. The molecule has 0 fully saturated rings. The summed E-state index contributed by atoms with van der Waals surface area (Å²) in [4.78, 5) is 16.2. The maximum Gasteiger partial charge on any atom is 0.166 e. The van der Waals surface area contributed by atoms with Gasteiger partial charge in [-0.05, 0) is 64.7 Å². The third-order valence-electron chi connectivity index (χ3n) is 12.0. The molecule has 0 unspecified atom stereocenters. The van der Waals surface area contributed by atoms with Crippen molar-refractivity contribution in [3.8, 4) is 67.8 Å². The molecule has 0 saturated heterocycles. The van der Waals surface area contributed by atoms with Crippen LogP contribution in [0.25, 0.3) is 111 Å². The molecule has 0 aliphatic carbocycles. The molecule has 62 heavy (non-hydrogen) atoms. The zero-order valence-corrected chi connectivity index (χ0v) is 33.6. The van der Waals surface area contributed by atoms with Crippen LogP contribution in [0.3, 0.4) is 0 Å². The second-order valence-electron chi connectivity index (χ2n) is 15.6. The third-order valence-corrected chi connectivity index (χ3v) is 12.0. The fourth-order valence-corrected chi connectivity index (χ4v) is 9.24. The van der Waals surface area contributed by atoms with Gasteiger partial charge in [0.1, 0.15) is 0 Å². The first-order valence-electron chi connectivity index (χ1n) is 21.0. The second kappa shape index (κ2) is 14.7. The van der Waals surface area contributed by atoms with Crippen LogP contribution in [-0.4, -0.2) is 24.1 Å². The number of para-hydroxylation sites is 5. The van der Waals surface area contributed by atoms with Gasteiger partial charge in [0.25, 0.3) is 0 Å². The van der Waals surface area contributed by atoms with Gasteiger partial charge in [0.15, 0.2) is 17.5 Å². The first-order chi connectivity index (χ1) is 30.8. The standard InChI is InChI=1S/C57H37N5/c1-4-19-38(20-5-1)40-23-16-24-41(37-40)55-58-56(48-30-11-10-27-43(48)39-21-6-2-7-22-39)60-57(59-55)49-33-17-31-46-44-28-13-15-35-51(44)62(53(46)49)52-36-18-32-47-45-29-12-14-34-50(45)61(54(47)52)42-25-8-3-9-26-42/h1-37H. The highest BCUT2D eigenvalue weighted by Gasteiger charge is 2.24. The smallest absolute Gasteiger partial charge is 0.166 e. The molecule has 0 aliphatic heterocycles. The van der Waals surface area contributed by atoms with E-state index in [1.54, 1.807) is 0 Å². The summed E-state index contributed by atoms with van der Waals surface area (Å²) in [6.07, 6.45) is 0. The van der Waals surface area contributed by atoms with Crippen molar-refractivity contribution in [3.63, 3.8) is 0 Å². The second-order valence-corrected chi connectivity index (χ2v) is 15.6. The molecule has 0 radical (unpaired) electrons. The number of nitrogens with zero attached hydrogens (tertiary/aromatic N) is 5. The minimum Gasteiger partial charge on any atom is -0.307 e. The van der Waals surface area contributed by atoms with Crippen molar-refractivity contribution >= 4 is 43.6 Å². The quantitative estimate of drug-likeness (QED) is 0.162. The summed E-state index contributed by atoms with van der Waals surface area (Å²) in [5.74, 6) is 1.82. The van der Waals surface area contributed by atoms with Gasteiger partial charge in [0, 0.05) is 43.9 Å². The predicted octanol–water partition coefficient (Wildman–Crippen LogP) is 14.4. The molecule has 0 N–H and O–H groups in total. The van der Waals surface area contributed by atoms with Crippen LogP contribution in [0.1, 0.15) is 0 Å². The minimum absolute atomic E-state index is 0.600. The lowest BCUT2D eigenvalue weighted by Crippen LogP contribution is -2.04. The van der Waals surface area contributed by atoms with Gasteiger partial charge in [-0.3, -0.25) is 0 Å². The maximum atomic E-state index is 5.44.